The molecule has 6 heteroatoms. The van der Waals surface area contributed by atoms with E-state index in [-0.39, 0.29) is 0 Å². The molecule has 1 aliphatic heterocycles. The minimum atomic E-state index is -3.52. The molecule has 0 saturated carbocycles. The van der Waals surface area contributed by atoms with Gasteiger partial charge in [-0.1, -0.05) is 6.92 Å². The number of hydrogen-bond acceptors (Lipinski definition) is 3. The van der Waals surface area contributed by atoms with Crippen molar-refractivity contribution in [2.24, 2.45) is 17.0 Å². The lowest BCUT2D eigenvalue weighted by Gasteiger charge is -2.29. The molecular formula is C7H17N3O2S. The Morgan fingerprint density at radius 3 is 2.85 bits per heavy atom. The summed E-state index contributed by atoms with van der Waals surface area (Å²) in [5.41, 5.74) is 0. The van der Waals surface area contributed by atoms with Gasteiger partial charge in [-0.05, 0) is 31.3 Å². The SMILES string of the molecule is CC1CNCCC1CNS(N)(=O)=O. The van der Waals surface area contributed by atoms with Crippen molar-refractivity contribution in [3.05, 3.63) is 0 Å². The van der Waals surface area contributed by atoms with Gasteiger partial charge in [-0.25, -0.2) is 9.86 Å². The molecule has 2 unspecified atom stereocenters. The summed E-state index contributed by atoms with van der Waals surface area (Å²) in [6.07, 6.45) is 1.00. The Bertz CT molecular complexity index is 252. The highest BCUT2D eigenvalue weighted by molar-refractivity contribution is 7.87. The molecule has 0 aromatic heterocycles. The highest BCUT2D eigenvalue weighted by Crippen LogP contribution is 2.17. The van der Waals surface area contributed by atoms with Crippen LogP contribution in [0.15, 0.2) is 0 Å². The molecule has 0 aliphatic carbocycles. The third-order valence-corrected chi connectivity index (χ3v) is 3.08. The first-order valence-electron chi connectivity index (χ1n) is 4.47. The van der Waals surface area contributed by atoms with E-state index in [1.54, 1.807) is 0 Å². The summed E-state index contributed by atoms with van der Waals surface area (Å²) in [5, 5.41) is 8.10. The highest BCUT2D eigenvalue weighted by Gasteiger charge is 2.21. The van der Waals surface area contributed by atoms with E-state index in [1.807, 2.05) is 0 Å². The molecule has 2 atom stereocenters. The Labute approximate surface area is 79.3 Å². The summed E-state index contributed by atoms with van der Waals surface area (Å²) in [6.45, 7) is 4.49. The number of hydrogen-bond donors (Lipinski definition) is 3. The lowest BCUT2D eigenvalue weighted by Crippen LogP contribution is -2.42. The minimum absolute atomic E-state index is 0.402. The Morgan fingerprint density at radius 1 is 1.62 bits per heavy atom. The summed E-state index contributed by atoms with van der Waals surface area (Å²) in [5.74, 6) is 0.905. The van der Waals surface area contributed by atoms with Gasteiger partial charge in [0.15, 0.2) is 0 Å². The van der Waals surface area contributed by atoms with Crippen molar-refractivity contribution in [3.8, 4) is 0 Å². The van der Waals surface area contributed by atoms with Crippen molar-refractivity contribution < 1.29 is 8.42 Å². The predicted octanol–water partition coefficient (Wildman–Crippen LogP) is -0.975. The van der Waals surface area contributed by atoms with Gasteiger partial charge in [-0.2, -0.15) is 8.42 Å². The van der Waals surface area contributed by atoms with Crippen LogP contribution in [0.5, 0.6) is 0 Å². The molecule has 1 fully saturated rings. The molecule has 1 heterocycles. The second-order valence-corrected chi connectivity index (χ2v) is 5.00. The molecule has 4 N–H and O–H groups in total. The van der Waals surface area contributed by atoms with Gasteiger partial charge in [0, 0.05) is 6.54 Å². The normalized spacial score (nSPS) is 30.3. The van der Waals surface area contributed by atoms with E-state index in [2.05, 4.69) is 17.0 Å². The monoisotopic (exact) mass is 207 g/mol. The molecule has 0 aromatic rings. The average Bonchev–Trinajstić information content (AvgIpc) is 2.01. The van der Waals surface area contributed by atoms with Crippen LogP contribution in [0.25, 0.3) is 0 Å². The third-order valence-electron chi connectivity index (χ3n) is 2.51. The molecule has 1 aliphatic rings. The summed E-state index contributed by atoms with van der Waals surface area (Å²) in [7, 11) is -3.52. The van der Waals surface area contributed by atoms with Gasteiger partial charge in [0.2, 0.25) is 0 Å². The number of nitrogens with two attached hydrogens (primary N) is 1. The van der Waals surface area contributed by atoms with Crippen LogP contribution in [0.2, 0.25) is 0 Å². The summed E-state index contributed by atoms with van der Waals surface area (Å²) < 4.78 is 23.6. The zero-order valence-corrected chi connectivity index (χ0v) is 8.60. The van der Waals surface area contributed by atoms with Gasteiger partial charge >= 0.3 is 0 Å². The smallest absolute Gasteiger partial charge is 0.274 e. The molecule has 13 heavy (non-hydrogen) atoms. The lowest BCUT2D eigenvalue weighted by atomic mass is 9.88. The minimum Gasteiger partial charge on any atom is -0.316 e. The summed E-state index contributed by atoms with van der Waals surface area (Å²) in [4.78, 5) is 0. The van der Waals surface area contributed by atoms with E-state index in [9.17, 15) is 8.42 Å². The standard InChI is InChI=1S/C7H17N3O2S/c1-6-4-9-3-2-7(6)5-10-13(8,11)12/h6-7,9-10H,2-5H2,1H3,(H2,8,11,12). The van der Waals surface area contributed by atoms with Crippen LogP contribution in [-0.2, 0) is 10.2 Å². The Kier molecular flexibility index (Phi) is 3.66. The van der Waals surface area contributed by atoms with Crippen LogP contribution in [0.3, 0.4) is 0 Å². The van der Waals surface area contributed by atoms with Crippen molar-refractivity contribution in [1.29, 1.82) is 0 Å². The molecule has 0 radical (unpaired) electrons. The Hall–Kier alpha value is -0.170. The van der Waals surface area contributed by atoms with E-state index in [1.165, 1.54) is 0 Å². The third kappa shape index (κ3) is 4.04. The molecule has 1 rings (SSSR count). The molecule has 1 saturated heterocycles. The van der Waals surface area contributed by atoms with E-state index in [4.69, 9.17) is 5.14 Å². The quantitative estimate of drug-likeness (QED) is 0.556. The molecule has 0 aromatic carbocycles. The zero-order chi connectivity index (χ0) is 9.90. The van der Waals surface area contributed by atoms with Gasteiger partial charge < -0.3 is 5.32 Å². The first kappa shape index (κ1) is 10.9. The van der Waals surface area contributed by atoms with Gasteiger partial charge in [-0.15, -0.1) is 0 Å². The Balaban J connectivity index is 2.35. The Morgan fingerprint density at radius 2 is 2.31 bits per heavy atom. The maximum atomic E-state index is 10.6. The second kappa shape index (κ2) is 4.36. The van der Waals surface area contributed by atoms with Crippen LogP contribution >= 0.6 is 0 Å². The van der Waals surface area contributed by atoms with Crippen molar-refractivity contribution in [1.82, 2.24) is 10.0 Å². The van der Waals surface area contributed by atoms with Crippen molar-refractivity contribution >= 4 is 10.2 Å². The molecule has 0 amide bonds. The van der Waals surface area contributed by atoms with Gasteiger partial charge in [0.1, 0.15) is 0 Å². The number of nitrogens with one attached hydrogen (secondary N) is 2. The van der Waals surface area contributed by atoms with Crippen LogP contribution in [0.1, 0.15) is 13.3 Å². The summed E-state index contributed by atoms with van der Waals surface area (Å²) >= 11 is 0. The topological polar surface area (TPSA) is 84.2 Å². The van der Waals surface area contributed by atoms with E-state index in [0.717, 1.165) is 19.5 Å². The summed E-state index contributed by atoms with van der Waals surface area (Å²) in [6, 6.07) is 0. The number of piperidine rings is 1. The van der Waals surface area contributed by atoms with Crippen LogP contribution < -0.4 is 15.2 Å². The van der Waals surface area contributed by atoms with Gasteiger partial charge in [0.25, 0.3) is 10.2 Å². The van der Waals surface area contributed by atoms with Crippen molar-refractivity contribution in [3.63, 3.8) is 0 Å². The second-order valence-electron chi connectivity index (χ2n) is 3.62. The largest absolute Gasteiger partial charge is 0.316 e. The van der Waals surface area contributed by atoms with Crippen molar-refractivity contribution in [2.45, 2.75) is 13.3 Å². The fourth-order valence-corrected chi connectivity index (χ4v) is 2.04. The first-order chi connectivity index (χ1) is 5.99. The van der Waals surface area contributed by atoms with E-state index < -0.39 is 10.2 Å². The molecular weight excluding hydrogens is 190 g/mol. The predicted molar refractivity (Wildman–Crippen MR) is 51.3 cm³/mol. The lowest BCUT2D eigenvalue weighted by molar-refractivity contribution is 0.274. The fourth-order valence-electron chi connectivity index (χ4n) is 1.59. The van der Waals surface area contributed by atoms with Crippen molar-refractivity contribution in [2.75, 3.05) is 19.6 Å². The molecule has 0 bridgehead atoms. The van der Waals surface area contributed by atoms with Crippen LogP contribution in [0, 0.1) is 11.8 Å². The van der Waals surface area contributed by atoms with Crippen LogP contribution in [-0.4, -0.2) is 28.1 Å². The average molecular weight is 207 g/mol. The highest BCUT2D eigenvalue weighted by atomic mass is 32.2. The number of rotatable bonds is 3. The maximum absolute atomic E-state index is 10.6. The first-order valence-corrected chi connectivity index (χ1v) is 6.02. The van der Waals surface area contributed by atoms with Gasteiger partial charge in [0.05, 0.1) is 0 Å². The molecule has 78 valence electrons. The van der Waals surface area contributed by atoms with Crippen LogP contribution in [0.4, 0.5) is 0 Å². The molecule has 0 spiro atoms. The maximum Gasteiger partial charge on any atom is 0.274 e. The molecule has 5 nitrogen and oxygen atoms in total. The van der Waals surface area contributed by atoms with E-state index >= 15 is 0 Å². The van der Waals surface area contributed by atoms with E-state index in [0.29, 0.717) is 18.4 Å². The zero-order valence-electron chi connectivity index (χ0n) is 7.79. The fraction of sp³-hybridized carbons (Fsp3) is 1.00. The van der Waals surface area contributed by atoms with Gasteiger partial charge in [-0.3, -0.25) is 0 Å².